The van der Waals surface area contributed by atoms with Crippen molar-refractivity contribution in [2.75, 3.05) is 19.0 Å². The fourth-order valence-electron chi connectivity index (χ4n) is 3.90. The minimum atomic E-state index is -0.672. The number of allylic oxidation sites excluding steroid dienone is 1. The highest BCUT2D eigenvalue weighted by atomic mass is 32.1. The van der Waals surface area contributed by atoms with Crippen LogP contribution >= 0.6 is 11.3 Å². The Balaban J connectivity index is 1.86. The van der Waals surface area contributed by atoms with Crippen LogP contribution in [0.15, 0.2) is 63.5 Å². The van der Waals surface area contributed by atoms with Gasteiger partial charge in [-0.25, -0.2) is 9.79 Å². The number of hydrogen-bond donors (Lipinski definition) is 1. The number of ether oxygens (including phenoxy) is 2. The summed E-state index contributed by atoms with van der Waals surface area (Å²) < 4.78 is 12.8. The van der Waals surface area contributed by atoms with Crippen LogP contribution in [0.2, 0.25) is 0 Å². The number of fused-ring (bicyclic) bond motifs is 1. The second-order valence-corrected chi connectivity index (χ2v) is 9.03. The molecule has 2 aromatic carbocycles. The normalized spacial score (nSPS) is 15.6. The lowest BCUT2D eigenvalue weighted by Gasteiger charge is -2.24. The molecular weight excluding hydrogens is 450 g/mol. The van der Waals surface area contributed by atoms with E-state index in [1.165, 1.54) is 16.9 Å². The van der Waals surface area contributed by atoms with Gasteiger partial charge in [-0.1, -0.05) is 29.5 Å². The maximum Gasteiger partial charge on any atom is 0.338 e. The first-order valence-corrected chi connectivity index (χ1v) is 11.8. The number of nitrogens with zero attached hydrogens (tertiary/aromatic N) is 2. The van der Waals surface area contributed by atoms with Crippen LogP contribution in [0.25, 0.3) is 6.20 Å². The molecule has 1 aromatic heterocycles. The molecule has 0 saturated heterocycles. The Kier molecular flexibility index (Phi) is 6.70. The number of thiazole rings is 1. The molecule has 3 aromatic rings. The molecule has 0 fully saturated rings. The summed E-state index contributed by atoms with van der Waals surface area (Å²) in [4.78, 5) is 31.6. The molecule has 0 radical (unpaired) electrons. The molecule has 0 spiro atoms. The van der Waals surface area contributed by atoms with E-state index in [0.29, 0.717) is 26.4 Å². The Morgan fingerprint density at radius 2 is 1.97 bits per heavy atom. The topological polar surface area (TPSA) is 81.9 Å². The van der Waals surface area contributed by atoms with Gasteiger partial charge in [-0.2, -0.15) is 0 Å². The average Bonchev–Trinajstić information content (AvgIpc) is 3.13. The van der Waals surface area contributed by atoms with E-state index in [0.717, 1.165) is 16.8 Å². The summed E-state index contributed by atoms with van der Waals surface area (Å²) in [6.45, 7) is 7.85. The van der Waals surface area contributed by atoms with Gasteiger partial charge in [-0.15, -0.1) is 0 Å². The summed E-state index contributed by atoms with van der Waals surface area (Å²) in [7, 11) is 1.58. The highest BCUT2D eigenvalue weighted by molar-refractivity contribution is 7.07. The van der Waals surface area contributed by atoms with Gasteiger partial charge in [0.2, 0.25) is 0 Å². The lowest BCUT2D eigenvalue weighted by Crippen LogP contribution is -2.40. The van der Waals surface area contributed by atoms with Crippen molar-refractivity contribution in [2.45, 2.75) is 33.7 Å². The minimum Gasteiger partial charge on any atom is -0.497 e. The maximum atomic E-state index is 13.6. The van der Waals surface area contributed by atoms with Crippen molar-refractivity contribution in [2.24, 2.45) is 4.99 Å². The Morgan fingerprint density at radius 3 is 2.68 bits per heavy atom. The standard InChI is InChI=1S/C26H27N3O4S/c1-6-33-25(31)22-17(4)28-26-29(23(22)18-8-7-9-20(13-18)32-5)24(30)21(34-26)14-27-19-11-10-15(2)16(3)12-19/h7-14,23,27H,6H2,1-5H3. The van der Waals surface area contributed by atoms with Gasteiger partial charge in [0.05, 0.1) is 31.0 Å². The zero-order chi connectivity index (χ0) is 24.4. The molecule has 1 atom stereocenters. The van der Waals surface area contributed by atoms with Gasteiger partial charge in [-0.05, 0) is 68.7 Å². The zero-order valence-electron chi connectivity index (χ0n) is 19.8. The van der Waals surface area contributed by atoms with E-state index >= 15 is 0 Å². The van der Waals surface area contributed by atoms with Gasteiger partial charge in [0.15, 0.2) is 4.80 Å². The van der Waals surface area contributed by atoms with Crippen molar-refractivity contribution in [1.82, 2.24) is 4.57 Å². The van der Waals surface area contributed by atoms with Gasteiger partial charge in [0.25, 0.3) is 5.56 Å². The van der Waals surface area contributed by atoms with Crippen LogP contribution in [0.1, 0.15) is 36.6 Å². The van der Waals surface area contributed by atoms with Crippen molar-refractivity contribution < 1.29 is 14.3 Å². The number of carbonyl (C=O) groups is 1. The molecule has 4 rings (SSSR count). The molecule has 0 aliphatic carbocycles. The minimum absolute atomic E-state index is 0.227. The molecule has 0 bridgehead atoms. The fourth-order valence-corrected chi connectivity index (χ4v) is 4.87. The number of aryl methyl sites for hydroxylation is 2. The molecule has 176 valence electrons. The van der Waals surface area contributed by atoms with Crippen molar-refractivity contribution >= 4 is 29.2 Å². The number of methoxy groups -OCH3 is 1. The van der Waals surface area contributed by atoms with Crippen LogP contribution in [-0.2, 0) is 9.53 Å². The summed E-state index contributed by atoms with van der Waals surface area (Å²) in [5, 5.41) is 3.22. The van der Waals surface area contributed by atoms with Crippen LogP contribution in [0.4, 0.5) is 5.69 Å². The van der Waals surface area contributed by atoms with E-state index in [9.17, 15) is 9.59 Å². The second-order valence-electron chi connectivity index (χ2n) is 8.02. The highest BCUT2D eigenvalue weighted by Crippen LogP contribution is 2.32. The second kappa shape index (κ2) is 9.69. The van der Waals surface area contributed by atoms with E-state index in [-0.39, 0.29) is 12.2 Å². The van der Waals surface area contributed by atoms with Crippen LogP contribution in [0.5, 0.6) is 5.75 Å². The first-order valence-electron chi connectivity index (χ1n) is 11.0. The monoisotopic (exact) mass is 477 g/mol. The Labute approximate surface area is 201 Å². The largest absolute Gasteiger partial charge is 0.497 e. The Morgan fingerprint density at radius 1 is 1.18 bits per heavy atom. The lowest BCUT2D eigenvalue weighted by molar-refractivity contribution is -0.139. The van der Waals surface area contributed by atoms with Crippen LogP contribution in [0, 0.1) is 13.8 Å². The smallest absolute Gasteiger partial charge is 0.338 e. The number of nitrogens with one attached hydrogen (secondary N) is 1. The van der Waals surface area contributed by atoms with E-state index in [4.69, 9.17) is 9.47 Å². The van der Waals surface area contributed by atoms with Crippen LogP contribution < -0.4 is 24.9 Å². The van der Waals surface area contributed by atoms with E-state index in [1.807, 2.05) is 49.4 Å². The average molecular weight is 478 g/mol. The molecule has 8 heteroatoms. The quantitative estimate of drug-likeness (QED) is 0.550. The van der Waals surface area contributed by atoms with E-state index < -0.39 is 12.0 Å². The highest BCUT2D eigenvalue weighted by Gasteiger charge is 2.33. The van der Waals surface area contributed by atoms with Gasteiger partial charge in [0.1, 0.15) is 10.3 Å². The predicted octanol–water partition coefficient (Wildman–Crippen LogP) is 3.45. The molecule has 1 aliphatic rings. The summed E-state index contributed by atoms with van der Waals surface area (Å²) in [6.07, 6.45) is 1.69. The summed E-state index contributed by atoms with van der Waals surface area (Å²) >= 11 is 1.28. The number of carbonyl (C=O) groups excluding carboxylic acids is 1. The molecule has 0 saturated carbocycles. The fraction of sp³-hybridized carbons (Fsp3) is 0.269. The Hall–Kier alpha value is -3.65. The third-order valence-electron chi connectivity index (χ3n) is 5.80. The van der Waals surface area contributed by atoms with Crippen molar-refractivity contribution in [1.29, 1.82) is 0 Å². The van der Waals surface area contributed by atoms with Crippen molar-refractivity contribution in [3.63, 3.8) is 0 Å². The van der Waals surface area contributed by atoms with Crippen LogP contribution in [-0.4, -0.2) is 24.3 Å². The molecule has 0 amide bonds. The van der Waals surface area contributed by atoms with E-state index in [1.54, 1.807) is 31.7 Å². The van der Waals surface area contributed by atoms with Crippen molar-refractivity contribution in [3.05, 3.63) is 90.1 Å². The first kappa shape index (κ1) is 23.5. The van der Waals surface area contributed by atoms with Crippen molar-refractivity contribution in [3.8, 4) is 5.75 Å². The zero-order valence-corrected chi connectivity index (χ0v) is 20.7. The Bertz CT molecular complexity index is 1470. The molecule has 34 heavy (non-hydrogen) atoms. The summed E-state index contributed by atoms with van der Waals surface area (Å²) in [5.74, 6) is 0.146. The molecule has 1 unspecified atom stereocenters. The third-order valence-corrected chi connectivity index (χ3v) is 6.79. The SMILES string of the molecule is CCOC(=O)C1=C(C)N=c2sc(=CNc3ccc(C)c(C)c3)c(=O)n2C1c1cccc(OC)c1. The molecule has 1 N–H and O–H groups in total. The van der Waals surface area contributed by atoms with E-state index in [2.05, 4.69) is 17.2 Å². The number of aromatic nitrogens is 1. The van der Waals surface area contributed by atoms with Gasteiger partial charge < -0.3 is 14.8 Å². The number of esters is 1. The summed E-state index contributed by atoms with van der Waals surface area (Å²) in [5.41, 5.74) is 4.63. The molecule has 2 heterocycles. The first-order chi connectivity index (χ1) is 16.3. The number of rotatable bonds is 6. The van der Waals surface area contributed by atoms with Gasteiger partial charge >= 0.3 is 5.97 Å². The summed E-state index contributed by atoms with van der Waals surface area (Å²) in [6, 6.07) is 12.7. The number of hydrogen-bond acceptors (Lipinski definition) is 7. The molecule has 1 aliphatic heterocycles. The van der Waals surface area contributed by atoms with Gasteiger partial charge in [-0.3, -0.25) is 9.36 Å². The molecule has 7 nitrogen and oxygen atoms in total. The predicted molar refractivity (Wildman–Crippen MR) is 134 cm³/mol. The van der Waals surface area contributed by atoms with Gasteiger partial charge in [0, 0.05) is 11.9 Å². The lowest BCUT2D eigenvalue weighted by atomic mass is 9.95. The maximum absolute atomic E-state index is 13.6. The number of benzene rings is 2. The number of anilines is 1. The molecular formula is C26H27N3O4S. The van der Waals surface area contributed by atoms with Crippen LogP contribution in [0.3, 0.4) is 0 Å². The third kappa shape index (κ3) is 4.41.